The fourth-order valence-electron chi connectivity index (χ4n) is 3.07. The maximum atomic E-state index is 13.0. The molecule has 0 atom stereocenters. The molecule has 1 aliphatic heterocycles. The number of H-pyrrole nitrogens is 1. The first-order valence-electron chi connectivity index (χ1n) is 8.16. The number of fused-ring (bicyclic) bond motifs is 1. The van der Waals surface area contributed by atoms with Gasteiger partial charge in [-0.25, -0.2) is 0 Å². The van der Waals surface area contributed by atoms with Gasteiger partial charge in [-0.2, -0.15) is 18.3 Å². The van der Waals surface area contributed by atoms with E-state index in [1.54, 1.807) is 13.0 Å². The van der Waals surface area contributed by atoms with Gasteiger partial charge < -0.3 is 9.32 Å². The summed E-state index contributed by atoms with van der Waals surface area (Å²) in [5, 5.41) is 14.4. The predicted octanol–water partition coefficient (Wildman–Crippen LogP) is 2.99. The first-order chi connectivity index (χ1) is 12.8. The number of carbonyl (C=O) groups excluding carboxylic acids is 1. The third kappa shape index (κ3) is 3.18. The van der Waals surface area contributed by atoms with Crippen molar-refractivity contribution in [2.45, 2.75) is 26.1 Å². The molecule has 3 aromatic rings. The molecule has 0 bridgehead atoms. The summed E-state index contributed by atoms with van der Waals surface area (Å²) in [6, 6.07) is 4.97. The van der Waals surface area contributed by atoms with Gasteiger partial charge in [-0.1, -0.05) is 12.1 Å². The number of hydrogen-bond acceptors (Lipinski definition) is 5. The molecule has 0 unspecified atom stereocenters. The second-order valence-electron chi connectivity index (χ2n) is 6.21. The van der Waals surface area contributed by atoms with Gasteiger partial charge in [-0.05, 0) is 12.1 Å². The van der Waals surface area contributed by atoms with Gasteiger partial charge in [-0.3, -0.25) is 9.89 Å². The minimum absolute atomic E-state index is 0.111. The number of nitrogens with one attached hydrogen (secondary N) is 1. The second kappa shape index (κ2) is 6.22. The van der Waals surface area contributed by atoms with Crippen LogP contribution in [0, 0.1) is 6.92 Å². The number of aromatic nitrogens is 4. The Morgan fingerprint density at radius 3 is 2.81 bits per heavy atom. The SMILES string of the molecule is Cc1nnc(C(=O)N2CCc3[nH]nc(-c4cccc(C(F)(F)F)c4)c3C2)o1. The Morgan fingerprint density at radius 2 is 2.11 bits per heavy atom. The molecule has 10 heteroatoms. The lowest BCUT2D eigenvalue weighted by Crippen LogP contribution is -2.36. The van der Waals surface area contributed by atoms with Crippen molar-refractivity contribution in [3.05, 3.63) is 52.9 Å². The van der Waals surface area contributed by atoms with Crippen molar-refractivity contribution in [1.82, 2.24) is 25.3 Å². The molecule has 0 saturated carbocycles. The van der Waals surface area contributed by atoms with E-state index in [1.165, 1.54) is 11.0 Å². The average molecular weight is 377 g/mol. The molecule has 4 rings (SSSR count). The Labute approximate surface area is 151 Å². The Balaban J connectivity index is 1.65. The number of halogens is 3. The van der Waals surface area contributed by atoms with Crippen molar-refractivity contribution in [2.24, 2.45) is 0 Å². The monoisotopic (exact) mass is 377 g/mol. The molecule has 1 aliphatic rings. The van der Waals surface area contributed by atoms with E-state index in [2.05, 4.69) is 20.4 Å². The Kier molecular flexibility index (Phi) is 3.97. The second-order valence-corrected chi connectivity index (χ2v) is 6.21. The first-order valence-corrected chi connectivity index (χ1v) is 8.16. The molecule has 1 amide bonds. The molecular formula is C17H14F3N5O2. The quantitative estimate of drug-likeness (QED) is 0.742. The number of amides is 1. The fraction of sp³-hybridized carbons (Fsp3) is 0.294. The van der Waals surface area contributed by atoms with Crippen LogP contribution < -0.4 is 0 Å². The van der Waals surface area contributed by atoms with Gasteiger partial charge in [0, 0.05) is 36.7 Å². The highest BCUT2D eigenvalue weighted by Crippen LogP contribution is 2.34. The Bertz CT molecular complexity index is 1010. The molecule has 0 saturated heterocycles. The largest absolute Gasteiger partial charge is 0.417 e. The third-order valence-electron chi connectivity index (χ3n) is 4.39. The summed E-state index contributed by atoms with van der Waals surface area (Å²) in [7, 11) is 0. The van der Waals surface area contributed by atoms with E-state index < -0.39 is 17.6 Å². The summed E-state index contributed by atoms with van der Waals surface area (Å²) in [5.74, 6) is -0.249. The van der Waals surface area contributed by atoms with Crippen LogP contribution in [0.4, 0.5) is 13.2 Å². The molecule has 140 valence electrons. The van der Waals surface area contributed by atoms with Crippen LogP contribution in [0.25, 0.3) is 11.3 Å². The van der Waals surface area contributed by atoms with E-state index in [-0.39, 0.29) is 18.3 Å². The molecule has 1 N–H and O–H groups in total. The smallest absolute Gasteiger partial charge is 0.416 e. The summed E-state index contributed by atoms with van der Waals surface area (Å²) in [5.41, 5.74) is 1.47. The maximum Gasteiger partial charge on any atom is 0.416 e. The number of carbonyl (C=O) groups is 1. The van der Waals surface area contributed by atoms with Crippen molar-refractivity contribution >= 4 is 5.91 Å². The van der Waals surface area contributed by atoms with E-state index in [1.807, 2.05) is 0 Å². The summed E-state index contributed by atoms with van der Waals surface area (Å²) in [6.07, 6.45) is -3.94. The molecular weight excluding hydrogens is 363 g/mol. The van der Waals surface area contributed by atoms with Crippen LogP contribution in [0.2, 0.25) is 0 Å². The van der Waals surface area contributed by atoms with Gasteiger partial charge >= 0.3 is 18.0 Å². The highest BCUT2D eigenvalue weighted by atomic mass is 19.4. The zero-order chi connectivity index (χ0) is 19.2. The van der Waals surface area contributed by atoms with Crippen LogP contribution in [0.15, 0.2) is 28.7 Å². The van der Waals surface area contributed by atoms with Gasteiger partial charge in [0.15, 0.2) is 0 Å². The van der Waals surface area contributed by atoms with Crippen molar-refractivity contribution in [2.75, 3.05) is 6.54 Å². The number of aryl methyl sites for hydroxylation is 1. The van der Waals surface area contributed by atoms with E-state index in [0.29, 0.717) is 29.8 Å². The lowest BCUT2D eigenvalue weighted by molar-refractivity contribution is -0.137. The Morgan fingerprint density at radius 1 is 1.30 bits per heavy atom. The van der Waals surface area contributed by atoms with Gasteiger partial charge in [0.25, 0.3) is 0 Å². The van der Waals surface area contributed by atoms with E-state index in [4.69, 9.17) is 4.42 Å². The number of rotatable bonds is 2. The molecule has 27 heavy (non-hydrogen) atoms. The summed E-state index contributed by atoms with van der Waals surface area (Å²) < 4.78 is 44.2. The Hall–Kier alpha value is -3.17. The minimum atomic E-state index is -4.44. The lowest BCUT2D eigenvalue weighted by Gasteiger charge is -2.25. The van der Waals surface area contributed by atoms with Gasteiger partial charge in [0.2, 0.25) is 5.89 Å². The molecule has 2 aromatic heterocycles. The van der Waals surface area contributed by atoms with Crippen LogP contribution in [-0.4, -0.2) is 37.7 Å². The maximum absolute atomic E-state index is 13.0. The predicted molar refractivity (Wildman–Crippen MR) is 86.5 cm³/mol. The van der Waals surface area contributed by atoms with E-state index in [0.717, 1.165) is 17.8 Å². The molecule has 0 fully saturated rings. The van der Waals surface area contributed by atoms with Crippen molar-refractivity contribution < 1.29 is 22.4 Å². The van der Waals surface area contributed by atoms with Crippen LogP contribution in [-0.2, 0) is 19.1 Å². The topological polar surface area (TPSA) is 87.9 Å². The van der Waals surface area contributed by atoms with Crippen molar-refractivity contribution in [1.29, 1.82) is 0 Å². The minimum Gasteiger partial charge on any atom is -0.417 e. The highest BCUT2D eigenvalue weighted by Gasteiger charge is 2.32. The normalized spacial score (nSPS) is 14.3. The molecule has 0 radical (unpaired) electrons. The molecule has 0 aliphatic carbocycles. The molecule has 1 aromatic carbocycles. The number of alkyl halides is 3. The van der Waals surface area contributed by atoms with Crippen molar-refractivity contribution in [3.8, 4) is 11.3 Å². The molecule has 3 heterocycles. The van der Waals surface area contributed by atoms with Crippen LogP contribution in [0.1, 0.15) is 33.4 Å². The van der Waals surface area contributed by atoms with Gasteiger partial charge in [-0.15, -0.1) is 10.2 Å². The standard InChI is InChI=1S/C17H14F3N5O2/c1-9-21-24-15(27-9)16(26)25-6-5-13-12(8-25)14(23-22-13)10-3-2-4-11(7-10)17(18,19)20/h2-4,7H,5-6,8H2,1H3,(H,22,23). The van der Waals surface area contributed by atoms with Crippen LogP contribution in [0.5, 0.6) is 0 Å². The van der Waals surface area contributed by atoms with Crippen LogP contribution >= 0.6 is 0 Å². The summed E-state index contributed by atoms with van der Waals surface area (Å²) in [6.45, 7) is 2.19. The lowest BCUT2D eigenvalue weighted by atomic mass is 9.99. The number of nitrogens with zero attached hydrogens (tertiary/aromatic N) is 4. The molecule has 7 nitrogen and oxygen atoms in total. The molecule has 0 spiro atoms. The number of benzene rings is 1. The zero-order valence-electron chi connectivity index (χ0n) is 14.2. The van der Waals surface area contributed by atoms with E-state index >= 15 is 0 Å². The van der Waals surface area contributed by atoms with Crippen LogP contribution in [0.3, 0.4) is 0 Å². The third-order valence-corrected chi connectivity index (χ3v) is 4.39. The van der Waals surface area contributed by atoms with Gasteiger partial charge in [0.05, 0.1) is 17.8 Å². The fourth-order valence-corrected chi connectivity index (χ4v) is 3.07. The summed E-state index contributed by atoms with van der Waals surface area (Å²) in [4.78, 5) is 14.0. The highest BCUT2D eigenvalue weighted by molar-refractivity contribution is 5.89. The first kappa shape index (κ1) is 17.3. The average Bonchev–Trinajstić information content (AvgIpc) is 3.26. The summed E-state index contributed by atoms with van der Waals surface area (Å²) >= 11 is 0. The van der Waals surface area contributed by atoms with Crippen molar-refractivity contribution in [3.63, 3.8) is 0 Å². The number of hydrogen-bond donors (Lipinski definition) is 1. The van der Waals surface area contributed by atoms with E-state index in [9.17, 15) is 18.0 Å². The zero-order valence-corrected chi connectivity index (χ0v) is 14.2. The number of aromatic amines is 1. The van der Waals surface area contributed by atoms with Gasteiger partial charge in [0.1, 0.15) is 0 Å².